The summed E-state index contributed by atoms with van der Waals surface area (Å²) in [4.78, 5) is 2.59. The Balaban J connectivity index is 1.48. The van der Waals surface area contributed by atoms with Crippen molar-refractivity contribution in [1.29, 1.82) is 0 Å². The average molecular weight is 366 g/mol. The third-order valence-corrected chi connectivity index (χ3v) is 6.25. The van der Waals surface area contributed by atoms with Crippen LogP contribution in [0.3, 0.4) is 0 Å². The first-order valence-electron chi connectivity index (χ1n) is 10.4. The highest BCUT2D eigenvalue weighted by molar-refractivity contribution is 5.24. The van der Waals surface area contributed by atoms with Crippen molar-refractivity contribution in [2.45, 2.75) is 58.3 Å². The number of hydrogen-bond acceptors (Lipinski definition) is 2. The minimum atomic E-state index is -0.474. The predicted molar refractivity (Wildman–Crippen MR) is 101 cm³/mol. The van der Waals surface area contributed by atoms with Crippen LogP contribution in [0.15, 0.2) is 18.2 Å². The lowest BCUT2D eigenvalue weighted by Gasteiger charge is -2.33. The van der Waals surface area contributed by atoms with E-state index in [4.69, 9.17) is 4.74 Å². The van der Waals surface area contributed by atoms with Gasteiger partial charge in [0.25, 0.3) is 0 Å². The third-order valence-electron chi connectivity index (χ3n) is 6.25. The molecule has 2 aliphatic rings. The van der Waals surface area contributed by atoms with E-state index in [0.717, 1.165) is 24.6 Å². The first-order chi connectivity index (χ1) is 12.6. The normalized spacial score (nSPS) is 25.3. The van der Waals surface area contributed by atoms with Crippen molar-refractivity contribution >= 4 is 0 Å². The van der Waals surface area contributed by atoms with E-state index in [1.54, 1.807) is 0 Å². The summed E-state index contributed by atoms with van der Waals surface area (Å²) in [5, 5.41) is 0. The molecular weight excluding hydrogens is 332 g/mol. The van der Waals surface area contributed by atoms with Crippen molar-refractivity contribution in [3.8, 4) is 5.75 Å². The maximum Gasteiger partial charge on any atom is 0.165 e. The Morgan fingerprint density at radius 3 is 2.58 bits per heavy atom. The van der Waals surface area contributed by atoms with Crippen LogP contribution in [-0.2, 0) is 0 Å². The smallest absolute Gasteiger partial charge is 0.165 e. The SMILES string of the molecule is CC(CCN1CCCC1)CC1CCCC[C@H]1COc1cc(F)ccc1F. The molecule has 1 aromatic rings. The van der Waals surface area contributed by atoms with Crippen molar-refractivity contribution in [1.82, 2.24) is 4.90 Å². The molecule has 0 spiro atoms. The molecule has 0 aromatic heterocycles. The summed E-state index contributed by atoms with van der Waals surface area (Å²) in [7, 11) is 0. The highest BCUT2D eigenvalue weighted by atomic mass is 19.1. The van der Waals surface area contributed by atoms with Gasteiger partial charge in [-0.15, -0.1) is 0 Å². The van der Waals surface area contributed by atoms with Gasteiger partial charge >= 0.3 is 0 Å². The molecule has 1 saturated heterocycles. The molecule has 0 bridgehead atoms. The number of benzene rings is 1. The lowest BCUT2D eigenvalue weighted by Crippen LogP contribution is -2.28. The molecule has 1 heterocycles. The Kier molecular flexibility index (Phi) is 7.30. The molecule has 3 atom stereocenters. The third kappa shape index (κ3) is 5.67. The minimum Gasteiger partial charge on any atom is -0.490 e. The molecule has 4 heteroatoms. The van der Waals surface area contributed by atoms with E-state index in [1.807, 2.05) is 0 Å². The summed E-state index contributed by atoms with van der Waals surface area (Å²) in [6.07, 6.45) is 10.1. The Hall–Kier alpha value is -1.16. The molecule has 3 rings (SSSR count). The van der Waals surface area contributed by atoms with E-state index in [0.29, 0.717) is 24.4 Å². The zero-order chi connectivity index (χ0) is 18.4. The van der Waals surface area contributed by atoms with Crippen molar-refractivity contribution in [2.24, 2.45) is 17.8 Å². The van der Waals surface area contributed by atoms with E-state index in [1.165, 1.54) is 64.6 Å². The molecule has 0 N–H and O–H groups in total. The fraction of sp³-hybridized carbons (Fsp3) is 0.727. The second-order valence-corrected chi connectivity index (χ2v) is 8.37. The van der Waals surface area contributed by atoms with Crippen LogP contribution in [0.2, 0.25) is 0 Å². The van der Waals surface area contributed by atoms with E-state index < -0.39 is 11.6 Å². The van der Waals surface area contributed by atoms with Gasteiger partial charge in [-0.2, -0.15) is 0 Å². The predicted octanol–water partition coefficient (Wildman–Crippen LogP) is 5.66. The van der Waals surface area contributed by atoms with Crippen molar-refractivity contribution in [3.63, 3.8) is 0 Å². The molecule has 0 radical (unpaired) electrons. The molecule has 2 unspecified atom stereocenters. The summed E-state index contributed by atoms with van der Waals surface area (Å²) in [6.45, 7) is 6.64. The summed E-state index contributed by atoms with van der Waals surface area (Å²) in [5.74, 6) is 0.952. The number of likely N-dealkylation sites (tertiary alicyclic amines) is 1. The molecule has 1 aromatic carbocycles. The van der Waals surface area contributed by atoms with Gasteiger partial charge in [0, 0.05) is 6.07 Å². The van der Waals surface area contributed by atoms with E-state index in [9.17, 15) is 8.78 Å². The minimum absolute atomic E-state index is 0.0522. The number of ether oxygens (including phenoxy) is 1. The van der Waals surface area contributed by atoms with Gasteiger partial charge in [-0.25, -0.2) is 8.78 Å². The summed E-state index contributed by atoms with van der Waals surface area (Å²) in [6, 6.07) is 3.43. The van der Waals surface area contributed by atoms with Crippen LogP contribution in [0.5, 0.6) is 5.75 Å². The highest BCUT2D eigenvalue weighted by Gasteiger charge is 2.27. The zero-order valence-electron chi connectivity index (χ0n) is 16.1. The first-order valence-corrected chi connectivity index (χ1v) is 10.4. The number of rotatable bonds is 8. The van der Waals surface area contributed by atoms with Gasteiger partial charge in [-0.1, -0.05) is 26.2 Å². The zero-order valence-corrected chi connectivity index (χ0v) is 16.1. The van der Waals surface area contributed by atoms with Gasteiger partial charge in [-0.05, 0) is 81.6 Å². The molecule has 2 nitrogen and oxygen atoms in total. The van der Waals surface area contributed by atoms with Gasteiger partial charge in [0.15, 0.2) is 11.6 Å². The van der Waals surface area contributed by atoms with Gasteiger partial charge in [0.05, 0.1) is 6.61 Å². The summed E-state index contributed by atoms with van der Waals surface area (Å²) < 4.78 is 32.8. The van der Waals surface area contributed by atoms with Gasteiger partial charge in [0.1, 0.15) is 5.82 Å². The summed E-state index contributed by atoms with van der Waals surface area (Å²) >= 11 is 0. The molecule has 1 aliphatic heterocycles. The Labute approximate surface area is 156 Å². The molecular formula is C22H33F2NO. The standard InChI is InChI=1S/C22H33F2NO/c1-17(10-13-25-11-4-5-12-25)14-18-6-2-3-7-19(18)16-26-22-15-20(23)8-9-21(22)24/h8-9,15,17-19H,2-7,10-14,16H2,1H3/t17?,18?,19-/m0/s1. The summed E-state index contributed by atoms with van der Waals surface area (Å²) in [5.41, 5.74) is 0. The fourth-order valence-electron chi connectivity index (χ4n) is 4.64. The number of halogens is 2. The Morgan fingerprint density at radius 1 is 1.08 bits per heavy atom. The monoisotopic (exact) mass is 365 g/mol. The van der Waals surface area contributed by atoms with Crippen LogP contribution < -0.4 is 4.74 Å². The molecule has 2 fully saturated rings. The Morgan fingerprint density at radius 2 is 1.81 bits per heavy atom. The van der Waals surface area contributed by atoms with Crippen molar-refractivity contribution < 1.29 is 13.5 Å². The van der Waals surface area contributed by atoms with E-state index in [-0.39, 0.29) is 5.75 Å². The molecule has 0 amide bonds. The molecule has 146 valence electrons. The molecule has 1 saturated carbocycles. The largest absolute Gasteiger partial charge is 0.490 e. The molecule has 1 aliphatic carbocycles. The first kappa shape index (κ1) is 19.6. The van der Waals surface area contributed by atoms with Crippen molar-refractivity contribution in [2.75, 3.05) is 26.2 Å². The Bertz CT molecular complexity index is 559. The van der Waals surface area contributed by atoms with E-state index >= 15 is 0 Å². The number of hydrogen-bond donors (Lipinski definition) is 0. The maximum atomic E-state index is 13.8. The van der Waals surface area contributed by atoms with E-state index in [2.05, 4.69) is 11.8 Å². The van der Waals surface area contributed by atoms with Crippen molar-refractivity contribution in [3.05, 3.63) is 29.8 Å². The lowest BCUT2D eigenvalue weighted by atomic mass is 9.75. The van der Waals surface area contributed by atoms with Crippen LogP contribution >= 0.6 is 0 Å². The second-order valence-electron chi connectivity index (χ2n) is 8.37. The van der Waals surface area contributed by atoms with Gasteiger partial charge in [-0.3, -0.25) is 0 Å². The molecule has 26 heavy (non-hydrogen) atoms. The highest BCUT2D eigenvalue weighted by Crippen LogP contribution is 2.36. The fourth-order valence-corrected chi connectivity index (χ4v) is 4.64. The maximum absolute atomic E-state index is 13.8. The lowest BCUT2D eigenvalue weighted by molar-refractivity contribution is 0.125. The van der Waals surface area contributed by atoms with Crippen LogP contribution in [0.4, 0.5) is 8.78 Å². The van der Waals surface area contributed by atoms with Crippen LogP contribution in [0.25, 0.3) is 0 Å². The van der Waals surface area contributed by atoms with Gasteiger partial charge in [0.2, 0.25) is 0 Å². The van der Waals surface area contributed by atoms with Crippen LogP contribution in [-0.4, -0.2) is 31.1 Å². The van der Waals surface area contributed by atoms with Crippen LogP contribution in [0.1, 0.15) is 58.3 Å². The van der Waals surface area contributed by atoms with Gasteiger partial charge < -0.3 is 9.64 Å². The average Bonchev–Trinajstić information content (AvgIpc) is 3.15. The second kappa shape index (κ2) is 9.68. The van der Waals surface area contributed by atoms with Crippen LogP contribution in [0, 0.1) is 29.4 Å². The number of nitrogens with zero attached hydrogens (tertiary/aromatic N) is 1. The quantitative estimate of drug-likeness (QED) is 0.589. The topological polar surface area (TPSA) is 12.5 Å².